The van der Waals surface area contributed by atoms with E-state index in [4.69, 9.17) is 21.4 Å². The van der Waals surface area contributed by atoms with E-state index in [1.54, 1.807) is 24.3 Å². The van der Waals surface area contributed by atoms with Gasteiger partial charge in [0.2, 0.25) is 0 Å². The van der Waals surface area contributed by atoms with E-state index in [1.807, 2.05) is 0 Å². The summed E-state index contributed by atoms with van der Waals surface area (Å²) in [5.41, 5.74) is 0. The lowest BCUT2D eigenvalue weighted by Gasteiger charge is -2.10. The Balaban J connectivity index is 1.92. The molecule has 1 heterocycles. The van der Waals surface area contributed by atoms with E-state index in [-0.39, 0.29) is 6.10 Å². The van der Waals surface area contributed by atoms with Gasteiger partial charge in [0.1, 0.15) is 0 Å². The Kier molecular flexibility index (Phi) is 4.37. The van der Waals surface area contributed by atoms with Crippen LogP contribution in [0.4, 0.5) is 0 Å². The minimum atomic E-state index is -1.19. The molecular formula is C12H13ClO4S. The molecule has 1 fully saturated rings. The number of hydrogen-bond acceptors (Lipinski definition) is 3. The zero-order valence-corrected chi connectivity index (χ0v) is 11.1. The second-order valence-electron chi connectivity index (χ2n) is 4.13. The van der Waals surface area contributed by atoms with E-state index in [1.165, 1.54) is 0 Å². The molecule has 18 heavy (non-hydrogen) atoms. The molecule has 0 spiro atoms. The van der Waals surface area contributed by atoms with Crippen LogP contribution in [0.15, 0.2) is 29.2 Å². The van der Waals surface area contributed by atoms with Gasteiger partial charge in [-0.15, -0.1) is 0 Å². The smallest absolute Gasteiger partial charge is 0.332 e. The Hall–Kier alpha value is -0.910. The molecule has 3 unspecified atom stereocenters. The fourth-order valence-electron chi connectivity index (χ4n) is 1.86. The Morgan fingerprint density at radius 1 is 1.39 bits per heavy atom. The second-order valence-corrected chi connectivity index (χ2v) is 6.06. The molecule has 2 rings (SSSR count). The summed E-state index contributed by atoms with van der Waals surface area (Å²) in [5, 5.41) is 9.39. The number of halogens is 1. The summed E-state index contributed by atoms with van der Waals surface area (Å²) in [6, 6.07) is 6.79. The number of benzene rings is 1. The first-order valence-electron chi connectivity index (χ1n) is 5.58. The van der Waals surface area contributed by atoms with Crippen LogP contribution in [0, 0.1) is 0 Å². The van der Waals surface area contributed by atoms with Crippen molar-refractivity contribution in [2.24, 2.45) is 0 Å². The van der Waals surface area contributed by atoms with Crippen molar-refractivity contribution in [2.75, 3.05) is 5.75 Å². The summed E-state index contributed by atoms with van der Waals surface area (Å²) >= 11 is 5.75. The van der Waals surface area contributed by atoms with Crippen molar-refractivity contribution in [1.82, 2.24) is 0 Å². The maximum atomic E-state index is 12.0. The van der Waals surface area contributed by atoms with Gasteiger partial charge in [-0.3, -0.25) is 4.21 Å². The lowest BCUT2D eigenvalue weighted by atomic mass is 10.2. The highest BCUT2D eigenvalue weighted by Gasteiger charge is 2.31. The van der Waals surface area contributed by atoms with Crippen LogP contribution in [-0.4, -0.2) is 33.2 Å². The van der Waals surface area contributed by atoms with E-state index in [9.17, 15) is 9.00 Å². The van der Waals surface area contributed by atoms with Gasteiger partial charge in [0.15, 0.2) is 6.10 Å². The maximum absolute atomic E-state index is 12.0. The molecule has 3 atom stereocenters. The van der Waals surface area contributed by atoms with Crippen molar-refractivity contribution >= 4 is 28.4 Å². The zero-order valence-electron chi connectivity index (χ0n) is 9.54. The summed E-state index contributed by atoms with van der Waals surface area (Å²) in [7, 11) is -1.19. The van der Waals surface area contributed by atoms with E-state index in [2.05, 4.69) is 0 Å². The summed E-state index contributed by atoms with van der Waals surface area (Å²) in [6.45, 7) is 0. The number of carbonyl (C=O) groups is 1. The van der Waals surface area contributed by atoms with Gasteiger partial charge < -0.3 is 9.84 Å². The molecule has 1 aliphatic rings. The number of carboxylic acids is 1. The van der Waals surface area contributed by atoms with Gasteiger partial charge in [0, 0.05) is 9.92 Å². The normalized spacial score (nSPS) is 24.9. The molecule has 1 aromatic carbocycles. The van der Waals surface area contributed by atoms with Gasteiger partial charge in [-0.05, 0) is 37.1 Å². The molecule has 1 saturated heterocycles. The van der Waals surface area contributed by atoms with Crippen molar-refractivity contribution < 1.29 is 18.8 Å². The van der Waals surface area contributed by atoms with E-state index in [0.29, 0.717) is 28.5 Å². The topological polar surface area (TPSA) is 63.6 Å². The fourth-order valence-corrected chi connectivity index (χ4v) is 3.20. The first-order chi connectivity index (χ1) is 8.56. The van der Waals surface area contributed by atoms with Crippen LogP contribution in [0.3, 0.4) is 0 Å². The lowest BCUT2D eigenvalue weighted by molar-refractivity contribution is -0.148. The second kappa shape index (κ2) is 5.82. The maximum Gasteiger partial charge on any atom is 0.332 e. The Morgan fingerprint density at radius 3 is 2.61 bits per heavy atom. The minimum absolute atomic E-state index is 0.248. The molecule has 1 aromatic rings. The summed E-state index contributed by atoms with van der Waals surface area (Å²) < 4.78 is 17.3. The molecule has 1 aliphatic heterocycles. The van der Waals surface area contributed by atoms with Crippen LogP contribution in [-0.2, 0) is 20.3 Å². The quantitative estimate of drug-likeness (QED) is 0.921. The van der Waals surface area contributed by atoms with Gasteiger partial charge in [0.05, 0.1) is 22.7 Å². The van der Waals surface area contributed by atoms with E-state index < -0.39 is 22.9 Å². The van der Waals surface area contributed by atoms with Crippen LogP contribution in [0.2, 0.25) is 5.02 Å². The summed E-state index contributed by atoms with van der Waals surface area (Å²) in [4.78, 5) is 11.4. The van der Waals surface area contributed by atoms with Crippen molar-refractivity contribution in [3.63, 3.8) is 0 Å². The number of hydrogen-bond donors (Lipinski definition) is 1. The van der Waals surface area contributed by atoms with Crippen LogP contribution in [0.25, 0.3) is 0 Å². The highest BCUT2D eigenvalue weighted by atomic mass is 35.5. The van der Waals surface area contributed by atoms with Crippen molar-refractivity contribution in [3.8, 4) is 0 Å². The minimum Gasteiger partial charge on any atom is -0.479 e. The number of carboxylic acid groups (broad SMARTS) is 1. The summed E-state index contributed by atoms with van der Waals surface area (Å²) in [5.74, 6) is -0.624. The largest absolute Gasteiger partial charge is 0.479 e. The van der Waals surface area contributed by atoms with Crippen molar-refractivity contribution in [2.45, 2.75) is 29.9 Å². The molecule has 0 aliphatic carbocycles. The molecule has 98 valence electrons. The predicted octanol–water partition coefficient (Wildman–Crippen LogP) is 2.08. The molecule has 0 aromatic heterocycles. The molecular weight excluding hydrogens is 276 g/mol. The highest BCUT2D eigenvalue weighted by molar-refractivity contribution is 7.85. The zero-order chi connectivity index (χ0) is 13.1. The molecule has 4 nitrogen and oxygen atoms in total. The lowest BCUT2D eigenvalue weighted by Crippen LogP contribution is -2.23. The molecule has 1 N–H and O–H groups in total. The van der Waals surface area contributed by atoms with Crippen LogP contribution >= 0.6 is 11.6 Å². The van der Waals surface area contributed by atoms with Gasteiger partial charge in [-0.25, -0.2) is 4.79 Å². The van der Waals surface area contributed by atoms with Crippen LogP contribution in [0.1, 0.15) is 12.8 Å². The molecule has 0 radical (unpaired) electrons. The number of aliphatic carboxylic acids is 1. The Morgan fingerprint density at radius 2 is 2.06 bits per heavy atom. The highest BCUT2D eigenvalue weighted by Crippen LogP contribution is 2.22. The third-order valence-electron chi connectivity index (χ3n) is 2.80. The van der Waals surface area contributed by atoms with Gasteiger partial charge in [0.25, 0.3) is 0 Å². The standard InChI is InChI=1S/C12H13ClO4S/c13-8-1-4-10(5-2-8)18(16)7-9-3-6-11(17-9)12(14)15/h1-2,4-5,9,11H,3,6-7H2,(H,14,15). The van der Waals surface area contributed by atoms with Gasteiger partial charge in [-0.1, -0.05) is 11.6 Å². The number of rotatable bonds is 4. The first-order valence-corrected chi connectivity index (χ1v) is 7.28. The van der Waals surface area contributed by atoms with Gasteiger partial charge in [-0.2, -0.15) is 0 Å². The third-order valence-corrected chi connectivity index (χ3v) is 4.52. The van der Waals surface area contributed by atoms with E-state index >= 15 is 0 Å². The monoisotopic (exact) mass is 288 g/mol. The molecule has 0 bridgehead atoms. The Bertz CT molecular complexity index is 460. The number of ether oxygens (including phenoxy) is 1. The van der Waals surface area contributed by atoms with Crippen LogP contribution in [0.5, 0.6) is 0 Å². The van der Waals surface area contributed by atoms with Crippen molar-refractivity contribution in [1.29, 1.82) is 0 Å². The van der Waals surface area contributed by atoms with Crippen molar-refractivity contribution in [3.05, 3.63) is 29.3 Å². The van der Waals surface area contributed by atoms with E-state index in [0.717, 1.165) is 0 Å². The first kappa shape index (κ1) is 13.5. The predicted molar refractivity (Wildman–Crippen MR) is 68.3 cm³/mol. The average molecular weight is 289 g/mol. The van der Waals surface area contributed by atoms with Gasteiger partial charge >= 0.3 is 5.97 Å². The molecule has 0 saturated carbocycles. The SMILES string of the molecule is O=C(O)C1CCC(CS(=O)c2ccc(Cl)cc2)O1. The average Bonchev–Trinajstić information content (AvgIpc) is 2.78. The third kappa shape index (κ3) is 3.31. The molecule has 0 amide bonds. The fraction of sp³-hybridized carbons (Fsp3) is 0.417. The summed E-state index contributed by atoms with van der Waals surface area (Å²) in [6.07, 6.45) is 0.119. The molecule has 6 heteroatoms. The Labute approximate surface area is 112 Å². The van der Waals surface area contributed by atoms with Crippen LogP contribution < -0.4 is 0 Å².